The van der Waals surface area contributed by atoms with Crippen molar-refractivity contribution in [3.8, 4) is 0 Å². The van der Waals surface area contributed by atoms with Crippen LogP contribution in [0.1, 0.15) is 20.3 Å². The molecule has 0 amide bonds. The number of likely N-dealkylation sites (N-methyl/N-ethyl adjacent to an activating group) is 1. The van der Waals surface area contributed by atoms with Crippen molar-refractivity contribution in [2.45, 2.75) is 51.0 Å². The second-order valence-corrected chi connectivity index (χ2v) is 4.52. The summed E-state index contributed by atoms with van der Waals surface area (Å²) in [5.41, 5.74) is 0. The summed E-state index contributed by atoms with van der Waals surface area (Å²) in [5.74, 6) is 0. The molecule has 0 aromatic carbocycles. The maximum Gasteiger partial charge on any atom is 0.266 e. The van der Waals surface area contributed by atoms with E-state index in [1.165, 1.54) is 0 Å². The second-order valence-electron chi connectivity index (χ2n) is 4.52. The molecule has 16 heavy (non-hydrogen) atoms. The molecule has 1 heterocycles. The molecule has 1 fully saturated rings. The van der Waals surface area contributed by atoms with E-state index in [0.717, 1.165) is 13.0 Å². The molecule has 3 atom stereocenters. The Kier molecular flexibility index (Phi) is 5.08. The van der Waals surface area contributed by atoms with Gasteiger partial charge in [-0.15, -0.1) is 0 Å². The predicted octanol–water partition coefficient (Wildman–Crippen LogP) is 1.76. The molecule has 0 radical (unpaired) electrons. The van der Waals surface area contributed by atoms with Crippen LogP contribution in [0.4, 0.5) is 8.78 Å². The van der Waals surface area contributed by atoms with Gasteiger partial charge < -0.3 is 9.47 Å². The van der Waals surface area contributed by atoms with Crippen LogP contribution in [0.25, 0.3) is 0 Å². The topological polar surface area (TPSA) is 21.7 Å². The third-order valence-electron chi connectivity index (χ3n) is 2.97. The first-order chi connectivity index (χ1) is 7.47. The lowest BCUT2D eigenvalue weighted by atomic mass is 10.1. The van der Waals surface area contributed by atoms with Gasteiger partial charge in [-0.25, -0.2) is 8.78 Å². The summed E-state index contributed by atoms with van der Waals surface area (Å²) < 4.78 is 36.6. The molecule has 5 heteroatoms. The molecule has 0 spiro atoms. The Labute approximate surface area is 95.7 Å². The van der Waals surface area contributed by atoms with E-state index in [2.05, 4.69) is 0 Å². The monoisotopic (exact) mass is 237 g/mol. The van der Waals surface area contributed by atoms with Gasteiger partial charge in [0.2, 0.25) is 0 Å². The van der Waals surface area contributed by atoms with Crippen LogP contribution in [0.3, 0.4) is 0 Å². The van der Waals surface area contributed by atoms with Crippen molar-refractivity contribution in [2.24, 2.45) is 0 Å². The Hall–Kier alpha value is -0.260. The van der Waals surface area contributed by atoms with Gasteiger partial charge in [0.15, 0.2) is 0 Å². The molecule has 1 rings (SSSR count). The number of hydrogen-bond donors (Lipinski definition) is 0. The minimum Gasteiger partial charge on any atom is -0.380 e. The molecule has 96 valence electrons. The van der Waals surface area contributed by atoms with Crippen LogP contribution in [-0.2, 0) is 9.47 Å². The highest BCUT2D eigenvalue weighted by Crippen LogP contribution is 2.27. The molecule has 0 bridgehead atoms. The summed E-state index contributed by atoms with van der Waals surface area (Å²) >= 11 is 0. The van der Waals surface area contributed by atoms with Gasteiger partial charge in [-0.1, -0.05) is 0 Å². The highest BCUT2D eigenvalue weighted by molar-refractivity contribution is 4.93. The first kappa shape index (κ1) is 13.8. The fraction of sp³-hybridized carbons (Fsp3) is 1.00. The fourth-order valence-electron chi connectivity index (χ4n) is 2.26. The van der Waals surface area contributed by atoms with E-state index in [1.54, 1.807) is 21.0 Å². The Bertz CT molecular complexity index is 214. The van der Waals surface area contributed by atoms with E-state index < -0.39 is 12.5 Å². The van der Waals surface area contributed by atoms with Gasteiger partial charge in [0.25, 0.3) is 6.43 Å². The van der Waals surface area contributed by atoms with E-state index in [1.807, 2.05) is 11.9 Å². The zero-order valence-electron chi connectivity index (χ0n) is 10.3. The van der Waals surface area contributed by atoms with Crippen molar-refractivity contribution in [3.63, 3.8) is 0 Å². The number of rotatable bonds is 5. The Morgan fingerprint density at radius 1 is 1.31 bits per heavy atom. The van der Waals surface area contributed by atoms with Gasteiger partial charge in [-0.2, -0.15) is 0 Å². The first-order valence-corrected chi connectivity index (χ1v) is 5.64. The number of likely N-dealkylation sites (tertiary alicyclic amines) is 1. The Balaban J connectivity index is 2.74. The Morgan fingerprint density at radius 3 is 2.38 bits per heavy atom. The summed E-state index contributed by atoms with van der Waals surface area (Å²) in [4.78, 5) is 1.90. The quantitative estimate of drug-likeness (QED) is 0.727. The van der Waals surface area contributed by atoms with Crippen LogP contribution in [0.2, 0.25) is 0 Å². The lowest BCUT2D eigenvalue weighted by Crippen LogP contribution is -2.49. The summed E-state index contributed by atoms with van der Waals surface area (Å²) in [6.07, 6.45) is -3.14. The van der Waals surface area contributed by atoms with Crippen molar-refractivity contribution in [3.05, 3.63) is 0 Å². The van der Waals surface area contributed by atoms with Gasteiger partial charge in [0, 0.05) is 13.7 Å². The molecule has 0 unspecified atom stereocenters. The molecule has 0 aliphatic carbocycles. The first-order valence-electron chi connectivity index (χ1n) is 5.64. The van der Waals surface area contributed by atoms with Crippen LogP contribution in [-0.4, -0.2) is 56.4 Å². The molecular formula is C11H21F2NO2. The number of hydrogen-bond acceptors (Lipinski definition) is 3. The molecular weight excluding hydrogens is 216 g/mol. The highest BCUT2D eigenvalue weighted by atomic mass is 19.3. The zero-order chi connectivity index (χ0) is 12.3. The minimum atomic E-state index is -2.48. The van der Waals surface area contributed by atoms with Gasteiger partial charge in [-0.05, 0) is 27.3 Å². The van der Waals surface area contributed by atoms with Gasteiger partial charge in [0.1, 0.15) is 6.10 Å². The maximum absolute atomic E-state index is 13.0. The Morgan fingerprint density at radius 2 is 1.94 bits per heavy atom. The molecule has 0 aromatic rings. The number of alkyl halides is 2. The van der Waals surface area contributed by atoms with Crippen LogP contribution in [0.15, 0.2) is 0 Å². The summed E-state index contributed by atoms with van der Waals surface area (Å²) in [6, 6.07) is -0.354. The standard InChI is InChI=1S/C11H21F2NO2/c1-7(2)16-10(11(12)13)9-8(15-4)5-6-14(9)3/h7-11H,5-6H2,1-4H3/t8-,9-,10+/m0/s1. The van der Waals surface area contributed by atoms with Crippen molar-refractivity contribution in [1.29, 1.82) is 0 Å². The molecule has 3 nitrogen and oxygen atoms in total. The zero-order valence-corrected chi connectivity index (χ0v) is 10.3. The molecule has 1 saturated heterocycles. The van der Waals surface area contributed by atoms with Gasteiger partial charge in [0.05, 0.1) is 18.2 Å². The van der Waals surface area contributed by atoms with E-state index in [0.29, 0.717) is 0 Å². The number of nitrogens with zero attached hydrogens (tertiary/aromatic N) is 1. The molecule has 1 aliphatic rings. The summed E-state index contributed by atoms with van der Waals surface area (Å²) in [5, 5.41) is 0. The van der Waals surface area contributed by atoms with Crippen molar-refractivity contribution >= 4 is 0 Å². The van der Waals surface area contributed by atoms with E-state index in [-0.39, 0.29) is 18.2 Å². The van der Waals surface area contributed by atoms with Crippen LogP contribution in [0, 0.1) is 0 Å². The normalized spacial score (nSPS) is 29.2. The van der Waals surface area contributed by atoms with E-state index >= 15 is 0 Å². The second kappa shape index (κ2) is 5.89. The largest absolute Gasteiger partial charge is 0.380 e. The minimum absolute atomic E-state index is 0.164. The lowest BCUT2D eigenvalue weighted by Gasteiger charge is -2.32. The maximum atomic E-state index is 13.0. The van der Waals surface area contributed by atoms with E-state index in [4.69, 9.17) is 9.47 Å². The molecule has 1 aliphatic heterocycles. The molecule has 0 saturated carbocycles. The average molecular weight is 237 g/mol. The summed E-state index contributed by atoms with van der Waals surface area (Å²) in [6.45, 7) is 4.31. The summed E-state index contributed by atoms with van der Waals surface area (Å²) in [7, 11) is 3.40. The van der Waals surface area contributed by atoms with E-state index in [9.17, 15) is 8.78 Å². The highest BCUT2D eigenvalue weighted by Gasteiger charge is 2.43. The smallest absolute Gasteiger partial charge is 0.266 e. The van der Waals surface area contributed by atoms with Crippen molar-refractivity contribution < 1.29 is 18.3 Å². The van der Waals surface area contributed by atoms with Gasteiger partial charge >= 0.3 is 0 Å². The van der Waals surface area contributed by atoms with Crippen LogP contribution >= 0.6 is 0 Å². The average Bonchev–Trinajstić information content (AvgIpc) is 2.55. The fourth-order valence-corrected chi connectivity index (χ4v) is 2.26. The van der Waals surface area contributed by atoms with Crippen molar-refractivity contribution in [2.75, 3.05) is 20.7 Å². The van der Waals surface area contributed by atoms with Crippen molar-refractivity contribution in [1.82, 2.24) is 4.90 Å². The van der Waals surface area contributed by atoms with Crippen LogP contribution in [0.5, 0.6) is 0 Å². The third-order valence-corrected chi connectivity index (χ3v) is 2.97. The van der Waals surface area contributed by atoms with Crippen LogP contribution < -0.4 is 0 Å². The predicted molar refractivity (Wildman–Crippen MR) is 57.8 cm³/mol. The third kappa shape index (κ3) is 3.12. The van der Waals surface area contributed by atoms with Gasteiger partial charge in [-0.3, -0.25) is 4.90 Å². The number of methoxy groups -OCH3 is 1. The molecule has 0 aromatic heterocycles. The number of halogens is 2. The molecule has 0 N–H and O–H groups in total. The SMILES string of the molecule is CO[C@H]1CCN(C)[C@@H]1[C@@H](OC(C)C)C(F)F. The number of ether oxygens (including phenoxy) is 2. The lowest BCUT2D eigenvalue weighted by molar-refractivity contribution is -0.128.